The molecule has 1 aliphatic carbocycles. The van der Waals surface area contributed by atoms with Gasteiger partial charge in [0.2, 0.25) is 0 Å². The van der Waals surface area contributed by atoms with Crippen molar-refractivity contribution in [3.8, 4) is 0 Å². The highest BCUT2D eigenvalue weighted by Gasteiger charge is 2.41. The second kappa shape index (κ2) is 1.33. The molecule has 0 spiro atoms. The lowest BCUT2D eigenvalue weighted by atomic mass is 10.5. The molecule has 0 aromatic carbocycles. The first-order valence-electron chi connectivity index (χ1n) is 2.97. The molecule has 1 fully saturated rings. The SMILES string of the molecule is NC1(n2ccnn2)CC1. The molecule has 0 radical (unpaired) electrons. The van der Waals surface area contributed by atoms with Crippen LogP contribution < -0.4 is 5.73 Å². The van der Waals surface area contributed by atoms with Crippen molar-refractivity contribution < 1.29 is 0 Å². The normalized spacial score (nSPS) is 21.9. The second-order valence-corrected chi connectivity index (χ2v) is 2.45. The Morgan fingerprint density at radius 2 is 2.33 bits per heavy atom. The van der Waals surface area contributed by atoms with Gasteiger partial charge in [0.1, 0.15) is 5.66 Å². The Balaban J connectivity index is 2.34. The van der Waals surface area contributed by atoms with Crippen LogP contribution in [-0.4, -0.2) is 15.0 Å². The van der Waals surface area contributed by atoms with E-state index in [2.05, 4.69) is 10.3 Å². The minimum absolute atomic E-state index is 0.184. The predicted molar refractivity (Wildman–Crippen MR) is 31.4 cm³/mol. The zero-order chi connectivity index (χ0) is 6.32. The van der Waals surface area contributed by atoms with Crippen molar-refractivity contribution in [2.75, 3.05) is 0 Å². The molecule has 48 valence electrons. The summed E-state index contributed by atoms with van der Waals surface area (Å²) in [4.78, 5) is 0. The Labute approximate surface area is 52.7 Å². The first-order valence-corrected chi connectivity index (χ1v) is 2.97. The Hall–Kier alpha value is -0.900. The topological polar surface area (TPSA) is 56.7 Å². The van der Waals surface area contributed by atoms with Crippen LogP contribution in [0.4, 0.5) is 0 Å². The molecule has 9 heavy (non-hydrogen) atoms. The fourth-order valence-corrected chi connectivity index (χ4v) is 0.803. The highest BCUT2D eigenvalue weighted by atomic mass is 15.5. The highest BCUT2D eigenvalue weighted by Crippen LogP contribution is 2.36. The number of nitrogens with two attached hydrogens (primary N) is 1. The molecule has 1 aliphatic rings. The van der Waals surface area contributed by atoms with E-state index < -0.39 is 0 Å². The van der Waals surface area contributed by atoms with E-state index in [-0.39, 0.29) is 5.66 Å². The van der Waals surface area contributed by atoms with Gasteiger partial charge in [0.15, 0.2) is 0 Å². The van der Waals surface area contributed by atoms with Crippen LogP contribution in [0.25, 0.3) is 0 Å². The molecular weight excluding hydrogens is 116 g/mol. The molecule has 0 atom stereocenters. The minimum Gasteiger partial charge on any atom is -0.307 e. The van der Waals surface area contributed by atoms with Gasteiger partial charge in [0, 0.05) is 6.20 Å². The van der Waals surface area contributed by atoms with Crippen LogP contribution in [0.3, 0.4) is 0 Å². The quantitative estimate of drug-likeness (QED) is 0.558. The standard InChI is InChI=1S/C5H8N4/c6-5(1-2-5)9-4-3-7-8-9/h3-4H,1-2,6H2. The van der Waals surface area contributed by atoms with Crippen LogP contribution in [0, 0.1) is 0 Å². The van der Waals surface area contributed by atoms with Gasteiger partial charge in [0.05, 0.1) is 6.20 Å². The summed E-state index contributed by atoms with van der Waals surface area (Å²) in [5, 5.41) is 7.45. The molecule has 0 amide bonds. The van der Waals surface area contributed by atoms with E-state index in [1.165, 1.54) is 0 Å². The third kappa shape index (κ3) is 0.632. The van der Waals surface area contributed by atoms with E-state index in [1.54, 1.807) is 17.1 Å². The van der Waals surface area contributed by atoms with E-state index >= 15 is 0 Å². The Morgan fingerprint density at radius 3 is 2.78 bits per heavy atom. The average molecular weight is 124 g/mol. The van der Waals surface area contributed by atoms with Crippen molar-refractivity contribution in [3.63, 3.8) is 0 Å². The lowest BCUT2D eigenvalue weighted by Gasteiger charge is -2.05. The van der Waals surface area contributed by atoms with E-state index in [0.717, 1.165) is 12.8 Å². The Kier molecular flexibility index (Phi) is 0.728. The van der Waals surface area contributed by atoms with Crippen molar-refractivity contribution in [1.82, 2.24) is 15.0 Å². The summed E-state index contributed by atoms with van der Waals surface area (Å²) in [6, 6.07) is 0. The summed E-state index contributed by atoms with van der Waals surface area (Å²) in [7, 11) is 0. The molecule has 0 aliphatic heterocycles. The van der Waals surface area contributed by atoms with Gasteiger partial charge in [-0.25, -0.2) is 4.68 Å². The summed E-state index contributed by atoms with van der Waals surface area (Å²) in [6.45, 7) is 0. The fourth-order valence-electron chi connectivity index (χ4n) is 0.803. The molecule has 1 heterocycles. The van der Waals surface area contributed by atoms with E-state index in [1.807, 2.05) is 0 Å². The minimum atomic E-state index is -0.184. The Bertz CT molecular complexity index is 199. The number of aromatic nitrogens is 3. The zero-order valence-electron chi connectivity index (χ0n) is 4.99. The third-order valence-corrected chi connectivity index (χ3v) is 1.64. The van der Waals surface area contributed by atoms with Crippen LogP contribution in [0.1, 0.15) is 12.8 Å². The molecule has 0 unspecified atom stereocenters. The highest BCUT2D eigenvalue weighted by molar-refractivity contribution is 4.93. The van der Waals surface area contributed by atoms with Crippen molar-refractivity contribution in [1.29, 1.82) is 0 Å². The monoisotopic (exact) mass is 124 g/mol. The molecule has 1 aromatic heterocycles. The van der Waals surface area contributed by atoms with E-state index in [4.69, 9.17) is 5.73 Å². The van der Waals surface area contributed by atoms with Gasteiger partial charge in [-0.15, -0.1) is 5.10 Å². The maximum absolute atomic E-state index is 5.77. The number of nitrogens with zero attached hydrogens (tertiary/aromatic N) is 3. The Morgan fingerprint density at radius 1 is 1.56 bits per heavy atom. The molecule has 2 rings (SSSR count). The molecule has 2 N–H and O–H groups in total. The maximum atomic E-state index is 5.77. The number of hydrogen-bond donors (Lipinski definition) is 1. The van der Waals surface area contributed by atoms with Crippen LogP contribution in [0.2, 0.25) is 0 Å². The molecular formula is C5H8N4. The maximum Gasteiger partial charge on any atom is 0.112 e. The van der Waals surface area contributed by atoms with Gasteiger partial charge in [-0.1, -0.05) is 5.21 Å². The summed E-state index contributed by atoms with van der Waals surface area (Å²) < 4.78 is 1.72. The molecule has 4 heteroatoms. The van der Waals surface area contributed by atoms with Gasteiger partial charge in [0.25, 0.3) is 0 Å². The first-order chi connectivity index (χ1) is 4.31. The smallest absolute Gasteiger partial charge is 0.112 e. The van der Waals surface area contributed by atoms with Gasteiger partial charge in [-0.05, 0) is 12.8 Å². The molecule has 0 saturated heterocycles. The lowest BCUT2D eigenvalue weighted by molar-refractivity contribution is 0.435. The third-order valence-electron chi connectivity index (χ3n) is 1.64. The second-order valence-electron chi connectivity index (χ2n) is 2.45. The summed E-state index contributed by atoms with van der Waals surface area (Å²) in [5.41, 5.74) is 5.59. The molecule has 0 bridgehead atoms. The van der Waals surface area contributed by atoms with Gasteiger partial charge in [-0.3, -0.25) is 0 Å². The van der Waals surface area contributed by atoms with Crippen LogP contribution in [0.15, 0.2) is 12.4 Å². The van der Waals surface area contributed by atoms with Gasteiger partial charge >= 0.3 is 0 Å². The van der Waals surface area contributed by atoms with Crippen molar-refractivity contribution in [2.24, 2.45) is 5.73 Å². The number of hydrogen-bond acceptors (Lipinski definition) is 3. The van der Waals surface area contributed by atoms with E-state index in [0.29, 0.717) is 0 Å². The van der Waals surface area contributed by atoms with Crippen LogP contribution >= 0.6 is 0 Å². The first kappa shape index (κ1) is 4.93. The van der Waals surface area contributed by atoms with Crippen LogP contribution in [0.5, 0.6) is 0 Å². The molecule has 1 saturated carbocycles. The molecule has 4 nitrogen and oxygen atoms in total. The van der Waals surface area contributed by atoms with Crippen molar-refractivity contribution in [2.45, 2.75) is 18.5 Å². The van der Waals surface area contributed by atoms with Crippen LogP contribution in [-0.2, 0) is 5.66 Å². The summed E-state index contributed by atoms with van der Waals surface area (Å²) in [6.07, 6.45) is 5.49. The van der Waals surface area contributed by atoms with Crippen molar-refractivity contribution >= 4 is 0 Å². The van der Waals surface area contributed by atoms with Gasteiger partial charge < -0.3 is 5.73 Å². The fraction of sp³-hybridized carbons (Fsp3) is 0.600. The summed E-state index contributed by atoms with van der Waals surface area (Å²) >= 11 is 0. The van der Waals surface area contributed by atoms with Crippen molar-refractivity contribution in [3.05, 3.63) is 12.4 Å². The zero-order valence-corrected chi connectivity index (χ0v) is 4.99. The largest absolute Gasteiger partial charge is 0.307 e. The van der Waals surface area contributed by atoms with Gasteiger partial charge in [-0.2, -0.15) is 0 Å². The lowest BCUT2D eigenvalue weighted by Crippen LogP contribution is -2.27. The predicted octanol–water partition coefficient (Wildman–Crippen LogP) is -0.317. The summed E-state index contributed by atoms with van der Waals surface area (Å²) in [5.74, 6) is 0. The average Bonchev–Trinajstić information content (AvgIpc) is 2.46. The van der Waals surface area contributed by atoms with E-state index in [9.17, 15) is 0 Å². The molecule has 1 aromatic rings. The number of rotatable bonds is 1.